The van der Waals surface area contributed by atoms with Crippen molar-refractivity contribution in [3.05, 3.63) is 29.8 Å². The number of carbonyl (C=O) groups is 11. The molecular weight excluding hydrogens is 995 g/mol. The van der Waals surface area contributed by atoms with Crippen LogP contribution in [-0.2, 0) is 59.2 Å². The molecule has 28 heteroatoms. The maximum absolute atomic E-state index is 13.9. The van der Waals surface area contributed by atoms with E-state index in [1.807, 2.05) is 0 Å². The van der Waals surface area contributed by atoms with Crippen LogP contribution < -0.4 is 43.4 Å². The van der Waals surface area contributed by atoms with Crippen molar-refractivity contribution in [1.29, 1.82) is 0 Å². The van der Waals surface area contributed by atoms with Gasteiger partial charge in [-0.3, -0.25) is 47.9 Å². The molecule has 1 aromatic carbocycles. The highest BCUT2D eigenvalue weighted by molar-refractivity contribution is 7.80. The summed E-state index contributed by atoms with van der Waals surface area (Å²) in [4.78, 5) is 148. The van der Waals surface area contributed by atoms with Crippen molar-refractivity contribution in [1.82, 2.24) is 46.6 Å². The number of carboxylic acids is 2. The van der Waals surface area contributed by atoms with Gasteiger partial charge in [-0.2, -0.15) is 12.6 Å². The summed E-state index contributed by atoms with van der Waals surface area (Å²) in [5.74, 6) is -10.0. The number of aliphatic hydroxyl groups excluding tert-OH is 2. The largest absolute Gasteiger partial charge is 0.508 e. The van der Waals surface area contributed by atoms with Crippen LogP contribution in [0.4, 0.5) is 0 Å². The van der Waals surface area contributed by atoms with Gasteiger partial charge < -0.3 is 83.6 Å². The van der Waals surface area contributed by atoms with Gasteiger partial charge in [0.1, 0.15) is 54.1 Å². The number of phenolic OH excluding ortho intramolecular Hbond substituents is 1. The van der Waals surface area contributed by atoms with Gasteiger partial charge in [0.25, 0.3) is 0 Å². The number of benzene rings is 1. The lowest BCUT2D eigenvalue weighted by atomic mass is 10.0. The Morgan fingerprint density at radius 1 is 0.622 bits per heavy atom. The number of carbonyl (C=O) groups excluding carboxylic acids is 9. The molecule has 410 valence electrons. The molecule has 1 aromatic rings. The Balaban J connectivity index is 1.41. The van der Waals surface area contributed by atoms with Crippen LogP contribution in [0.1, 0.15) is 76.2 Å². The number of amides is 9. The third-order valence-electron chi connectivity index (χ3n) is 13.0. The number of nitrogens with two attached hydrogens (primary N) is 2. The molecule has 3 heterocycles. The van der Waals surface area contributed by atoms with E-state index in [4.69, 9.17) is 16.6 Å². The van der Waals surface area contributed by atoms with Crippen molar-refractivity contribution in [2.45, 2.75) is 131 Å². The molecule has 3 fully saturated rings. The van der Waals surface area contributed by atoms with Gasteiger partial charge in [0.05, 0.1) is 25.8 Å². The first-order chi connectivity index (χ1) is 35.2. The van der Waals surface area contributed by atoms with E-state index in [1.165, 1.54) is 34.1 Å². The number of nitrogens with zero attached hydrogens (tertiary/aromatic N) is 3. The predicted octanol–water partition coefficient (Wildman–Crippen LogP) is -5.23. The summed E-state index contributed by atoms with van der Waals surface area (Å²) in [6.07, 6.45) is 1.59. The van der Waals surface area contributed by atoms with E-state index < -0.39 is 146 Å². The minimum absolute atomic E-state index is 0.0128. The molecule has 0 unspecified atom stereocenters. The van der Waals surface area contributed by atoms with Gasteiger partial charge in [-0.25, -0.2) is 4.79 Å². The lowest BCUT2D eigenvalue weighted by Crippen LogP contribution is -2.59. The molecule has 3 aliphatic heterocycles. The molecule has 0 aromatic heterocycles. The summed E-state index contributed by atoms with van der Waals surface area (Å²) in [7, 11) is 0. The fourth-order valence-electron chi connectivity index (χ4n) is 8.89. The second kappa shape index (κ2) is 29.3. The van der Waals surface area contributed by atoms with Gasteiger partial charge in [0.2, 0.25) is 53.2 Å². The van der Waals surface area contributed by atoms with Crippen LogP contribution >= 0.6 is 12.6 Å². The quantitative estimate of drug-likeness (QED) is 0.0275. The molecule has 9 amide bonds. The Labute approximate surface area is 431 Å². The number of phenols is 1. The number of aliphatic carboxylic acids is 2. The van der Waals surface area contributed by atoms with Crippen LogP contribution in [-0.4, -0.2) is 211 Å². The van der Waals surface area contributed by atoms with E-state index in [9.17, 15) is 73.2 Å². The normalized spacial score (nSPS) is 19.7. The number of unbranched alkanes of at least 4 members (excludes halogenated alkanes) is 1. The summed E-state index contributed by atoms with van der Waals surface area (Å²) in [6.45, 7) is -1.85. The first-order valence-corrected chi connectivity index (χ1v) is 25.1. The van der Waals surface area contributed by atoms with Crippen molar-refractivity contribution in [2.24, 2.45) is 11.5 Å². The summed E-state index contributed by atoms with van der Waals surface area (Å²) < 4.78 is 0. The molecule has 0 bridgehead atoms. The number of rotatable bonds is 28. The second-order valence-electron chi connectivity index (χ2n) is 18.2. The Morgan fingerprint density at radius 2 is 1.14 bits per heavy atom. The molecule has 0 radical (unpaired) electrons. The van der Waals surface area contributed by atoms with Gasteiger partial charge in [0.15, 0.2) is 0 Å². The molecule has 0 saturated carbocycles. The fraction of sp³-hybridized carbons (Fsp3) is 0.630. The highest BCUT2D eigenvalue weighted by Crippen LogP contribution is 2.23. The number of carboxylic acid groups (broad SMARTS) is 2. The van der Waals surface area contributed by atoms with E-state index in [-0.39, 0.29) is 76.2 Å². The number of aliphatic hydroxyl groups is 2. The Morgan fingerprint density at radius 3 is 1.70 bits per heavy atom. The summed E-state index contributed by atoms with van der Waals surface area (Å²) >= 11 is 4.28. The van der Waals surface area contributed by atoms with Gasteiger partial charge in [-0.1, -0.05) is 12.1 Å². The molecule has 0 spiro atoms. The second-order valence-corrected chi connectivity index (χ2v) is 18.6. The Hall–Kier alpha value is -6.62. The summed E-state index contributed by atoms with van der Waals surface area (Å²) in [6, 6.07) is -6.07. The van der Waals surface area contributed by atoms with Crippen LogP contribution in [0.3, 0.4) is 0 Å². The molecule has 27 nitrogen and oxygen atoms in total. The number of aromatic hydroxyl groups is 1. The van der Waals surface area contributed by atoms with E-state index in [1.54, 1.807) is 0 Å². The molecule has 3 aliphatic rings. The molecule has 15 N–H and O–H groups in total. The van der Waals surface area contributed by atoms with E-state index in [2.05, 4.69) is 44.5 Å². The van der Waals surface area contributed by atoms with Gasteiger partial charge in [-0.05, 0) is 88.4 Å². The number of hydrogen-bond donors (Lipinski definition) is 14. The molecule has 9 atom stereocenters. The van der Waals surface area contributed by atoms with Crippen LogP contribution in [0.5, 0.6) is 5.75 Å². The lowest BCUT2D eigenvalue weighted by molar-refractivity contribution is -0.150. The monoisotopic (exact) mass is 1060 g/mol. The highest BCUT2D eigenvalue weighted by atomic mass is 32.1. The first-order valence-electron chi connectivity index (χ1n) is 24.5. The third kappa shape index (κ3) is 17.0. The van der Waals surface area contributed by atoms with Crippen molar-refractivity contribution in [2.75, 3.05) is 51.7 Å². The number of thiol groups is 1. The molecule has 74 heavy (non-hydrogen) atoms. The molecular formula is C46H69N11O16S. The standard InChI is InChI=1S/C46H69N11O16S/c47-16-2-1-6-28(50-41(67)30(22-58)52-38(64)27(48)14-15-37(62)63)40(66)51-29(20-25-10-12-26(60)13-11-25)39(65)49-21-36(61)55-17-3-7-33(55)42(68)54-32(24-74)45(71)56-18-4-8-34(56)43(69)53-31(23-59)44(70)57-19-5-9-35(57)46(72)73/h10-13,27-35,58-60,74H,1-9,14-24,47-48H2,(H,49,65)(H,50,67)(H,51,66)(H,52,64)(H,53,69)(H,54,68)(H,62,63)(H,72,73)/t27-,28-,29-,30-,31-,32-,33-,34-,35-/m0/s1. The maximum Gasteiger partial charge on any atom is 0.326 e. The average Bonchev–Trinajstić information content (AvgIpc) is 4.19. The van der Waals surface area contributed by atoms with Crippen molar-refractivity contribution >= 4 is 77.7 Å². The number of likely N-dealkylation sites (tertiary alicyclic amines) is 3. The first kappa shape index (κ1) is 59.9. The maximum atomic E-state index is 13.9. The van der Waals surface area contributed by atoms with Crippen LogP contribution in [0.25, 0.3) is 0 Å². The molecule has 3 saturated heterocycles. The van der Waals surface area contributed by atoms with Gasteiger partial charge in [-0.15, -0.1) is 0 Å². The summed E-state index contributed by atoms with van der Waals surface area (Å²) in [5, 5.41) is 63.1. The Kier molecular flexibility index (Phi) is 23.7. The Bertz CT molecular complexity index is 2190. The predicted molar refractivity (Wildman–Crippen MR) is 262 cm³/mol. The van der Waals surface area contributed by atoms with E-state index >= 15 is 0 Å². The van der Waals surface area contributed by atoms with E-state index in [0.29, 0.717) is 37.7 Å². The van der Waals surface area contributed by atoms with Gasteiger partial charge >= 0.3 is 11.9 Å². The van der Waals surface area contributed by atoms with Gasteiger partial charge in [0, 0.05) is 38.2 Å². The topological polar surface area (TPSA) is 423 Å². The van der Waals surface area contributed by atoms with E-state index in [0.717, 1.165) is 4.90 Å². The highest BCUT2D eigenvalue weighted by Gasteiger charge is 2.43. The SMILES string of the molecule is NCCCC[C@H](NC(=O)[C@H](CO)NC(=O)[C@@H](N)CCC(=O)O)C(=O)N[C@@H](Cc1ccc(O)cc1)C(=O)NCC(=O)N1CCC[C@H]1C(=O)N[C@@H](CS)C(=O)N1CCC[C@H]1C(=O)N[C@@H](CO)C(=O)N1CCC[C@H]1C(=O)O. The zero-order chi connectivity index (χ0) is 54.6. The lowest BCUT2D eigenvalue weighted by Gasteiger charge is -2.31. The van der Waals surface area contributed by atoms with Crippen LogP contribution in [0.2, 0.25) is 0 Å². The zero-order valence-electron chi connectivity index (χ0n) is 40.8. The van der Waals surface area contributed by atoms with Crippen LogP contribution in [0.15, 0.2) is 24.3 Å². The van der Waals surface area contributed by atoms with Crippen molar-refractivity contribution < 1.29 is 78.3 Å². The molecule has 0 aliphatic carbocycles. The smallest absolute Gasteiger partial charge is 0.326 e. The number of hydrogen-bond acceptors (Lipinski definition) is 17. The minimum atomic E-state index is -1.61. The summed E-state index contributed by atoms with van der Waals surface area (Å²) in [5.41, 5.74) is 11.9. The molecule has 4 rings (SSSR count). The number of nitrogens with one attached hydrogen (secondary N) is 6. The van der Waals surface area contributed by atoms with Crippen LogP contribution in [0, 0.1) is 0 Å². The fourth-order valence-corrected chi connectivity index (χ4v) is 9.14. The van der Waals surface area contributed by atoms with Crippen molar-refractivity contribution in [3.8, 4) is 5.75 Å². The zero-order valence-corrected chi connectivity index (χ0v) is 41.7. The van der Waals surface area contributed by atoms with Crippen molar-refractivity contribution in [3.63, 3.8) is 0 Å². The minimum Gasteiger partial charge on any atom is -0.508 e. The average molecular weight is 1060 g/mol. The third-order valence-corrected chi connectivity index (χ3v) is 13.3.